The van der Waals surface area contributed by atoms with Crippen LogP contribution in [0.4, 0.5) is 0 Å². The number of ether oxygens (including phenoxy) is 5. The number of methoxy groups -OCH3 is 4. The maximum atomic E-state index is 13.8. The Labute approximate surface area is 222 Å². The third-order valence-electron chi connectivity index (χ3n) is 5.91. The largest absolute Gasteiger partial charge is 0.497 e. The normalized spacial score (nSPS) is 14.9. The summed E-state index contributed by atoms with van der Waals surface area (Å²) in [6, 6.07) is 9.26. The van der Waals surface area contributed by atoms with Crippen LogP contribution < -0.4 is 33.8 Å². The lowest BCUT2D eigenvalue weighted by atomic mass is 9.95. The Morgan fingerprint density at radius 1 is 0.974 bits per heavy atom. The molecule has 0 radical (unpaired) electrons. The number of allylic oxidation sites excluding steroid dienone is 1. The van der Waals surface area contributed by atoms with Crippen molar-refractivity contribution in [1.82, 2.24) is 4.57 Å². The van der Waals surface area contributed by atoms with Gasteiger partial charge in [-0.05, 0) is 42.8 Å². The Morgan fingerprint density at radius 2 is 1.71 bits per heavy atom. The van der Waals surface area contributed by atoms with E-state index in [0.29, 0.717) is 37.7 Å². The van der Waals surface area contributed by atoms with Gasteiger partial charge in [0.2, 0.25) is 0 Å². The average Bonchev–Trinajstić information content (AvgIpc) is 3.21. The molecule has 4 rings (SSSR count). The quantitative estimate of drug-likeness (QED) is 0.333. The lowest BCUT2D eigenvalue weighted by molar-refractivity contribution is -0.136. The van der Waals surface area contributed by atoms with Crippen LogP contribution in [0.15, 0.2) is 57.5 Å². The number of benzene rings is 2. The highest BCUT2D eigenvalue weighted by Crippen LogP contribution is 2.36. The molecule has 1 aliphatic heterocycles. The van der Waals surface area contributed by atoms with Crippen LogP contribution in [0.1, 0.15) is 31.0 Å². The molecular formula is C27H26N2O8S. The summed E-state index contributed by atoms with van der Waals surface area (Å²) in [4.78, 5) is 43.2. The first-order valence-corrected chi connectivity index (χ1v) is 12.2. The van der Waals surface area contributed by atoms with E-state index in [1.54, 1.807) is 56.5 Å². The van der Waals surface area contributed by atoms with Gasteiger partial charge in [0, 0.05) is 18.6 Å². The molecule has 38 heavy (non-hydrogen) atoms. The molecule has 1 aromatic heterocycles. The van der Waals surface area contributed by atoms with Gasteiger partial charge in [-0.15, -0.1) is 0 Å². The lowest BCUT2D eigenvalue weighted by Gasteiger charge is -2.25. The molecule has 0 aliphatic carbocycles. The molecule has 3 aromatic rings. The smallest absolute Gasteiger partial charge is 0.338 e. The second-order valence-electron chi connectivity index (χ2n) is 8.19. The van der Waals surface area contributed by atoms with Crippen LogP contribution in [0.2, 0.25) is 0 Å². The molecule has 0 fully saturated rings. The van der Waals surface area contributed by atoms with Crippen molar-refractivity contribution < 1.29 is 33.3 Å². The highest BCUT2D eigenvalue weighted by Gasteiger charge is 2.33. The molecule has 0 N–H and O–H groups in total. The average molecular weight is 539 g/mol. The van der Waals surface area contributed by atoms with Gasteiger partial charge in [0.15, 0.2) is 16.3 Å². The molecule has 11 heteroatoms. The molecule has 10 nitrogen and oxygen atoms in total. The van der Waals surface area contributed by atoms with Crippen LogP contribution in [0.3, 0.4) is 0 Å². The van der Waals surface area contributed by atoms with E-state index in [1.165, 1.54) is 44.2 Å². The number of thiazole rings is 1. The van der Waals surface area contributed by atoms with Crippen LogP contribution in [-0.2, 0) is 14.3 Å². The molecule has 0 spiro atoms. The van der Waals surface area contributed by atoms with Crippen LogP contribution in [0, 0.1) is 0 Å². The molecule has 1 unspecified atom stereocenters. The molecule has 2 heterocycles. The second kappa shape index (κ2) is 10.9. The zero-order chi connectivity index (χ0) is 27.6. The molecule has 198 valence electrons. The summed E-state index contributed by atoms with van der Waals surface area (Å²) in [6.07, 6.45) is 1.71. The molecular weight excluding hydrogens is 512 g/mol. The maximum absolute atomic E-state index is 13.8. The SMILES string of the molecule is COC(=O)C1=C(C)N=c2sc(=Cc3ccc(OC)cc3OC)c(=O)n2C1c1ccc(OC(C)=O)c(OC)c1. The minimum Gasteiger partial charge on any atom is -0.497 e. The summed E-state index contributed by atoms with van der Waals surface area (Å²) in [5.41, 5.74) is 1.48. The predicted octanol–water partition coefficient (Wildman–Crippen LogP) is 2.36. The van der Waals surface area contributed by atoms with Gasteiger partial charge < -0.3 is 23.7 Å². The van der Waals surface area contributed by atoms with Crippen molar-refractivity contribution in [3.8, 4) is 23.0 Å². The fourth-order valence-corrected chi connectivity index (χ4v) is 5.22. The first-order valence-electron chi connectivity index (χ1n) is 11.4. The molecule has 1 aliphatic rings. The number of rotatable bonds is 7. The summed E-state index contributed by atoms with van der Waals surface area (Å²) in [5.74, 6) is 0.494. The van der Waals surface area contributed by atoms with E-state index in [1.807, 2.05) is 0 Å². The van der Waals surface area contributed by atoms with Crippen molar-refractivity contribution in [3.05, 3.63) is 78.5 Å². The Balaban J connectivity index is 1.95. The van der Waals surface area contributed by atoms with Gasteiger partial charge in [0.05, 0.1) is 50.3 Å². The fraction of sp³-hybridized carbons (Fsp3) is 0.259. The zero-order valence-corrected chi connectivity index (χ0v) is 22.5. The standard InChI is InChI=1S/C27H26N2O8S/c1-14-23(26(32)36-6)24(17-8-10-19(37-15(2)30)21(11-17)35-5)29-25(31)22(38-27(29)28-14)12-16-7-9-18(33-3)13-20(16)34-4/h7-13,24H,1-6H3. The van der Waals surface area contributed by atoms with Crippen molar-refractivity contribution in [2.45, 2.75) is 19.9 Å². The van der Waals surface area contributed by atoms with Crippen molar-refractivity contribution in [2.75, 3.05) is 28.4 Å². The number of aromatic nitrogens is 1. The number of hydrogen-bond acceptors (Lipinski definition) is 10. The molecule has 0 saturated heterocycles. The van der Waals surface area contributed by atoms with Crippen molar-refractivity contribution in [1.29, 1.82) is 0 Å². The number of esters is 2. The summed E-state index contributed by atoms with van der Waals surface area (Å²) in [6.45, 7) is 2.97. The Morgan fingerprint density at radius 3 is 2.34 bits per heavy atom. The third kappa shape index (κ3) is 4.92. The maximum Gasteiger partial charge on any atom is 0.338 e. The monoisotopic (exact) mass is 538 g/mol. The Kier molecular flexibility index (Phi) is 7.67. The molecule has 0 saturated carbocycles. The topological polar surface area (TPSA) is 115 Å². The van der Waals surface area contributed by atoms with Gasteiger partial charge in [-0.2, -0.15) is 0 Å². The van der Waals surface area contributed by atoms with Gasteiger partial charge in [0.1, 0.15) is 11.5 Å². The molecule has 0 bridgehead atoms. The van der Waals surface area contributed by atoms with Crippen molar-refractivity contribution in [2.24, 2.45) is 4.99 Å². The van der Waals surface area contributed by atoms with E-state index in [2.05, 4.69) is 4.99 Å². The van der Waals surface area contributed by atoms with Crippen LogP contribution in [0.25, 0.3) is 6.08 Å². The summed E-state index contributed by atoms with van der Waals surface area (Å²) in [7, 11) is 5.79. The second-order valence-corrected chi connectivity index (χ2v) is 9.19. The highest BCUT2D eigenvalue weighted by atomic mass is 32.1. The summed E-state index contributed by atoms with van der Waals surface area (Å²) >= 11 is 1.19. The Hall–Kier alpha value is -4.38. The number of hydrogen-bond donors (Lipinski definition) is 0. The third-order valence-corrected chi connectivity index (χ3v) is 6.89. The number of fused-ring (bicyclic) bond motifs is 1. The van der Waals surface area contributed by atoms with E-state index >= 15 is 0 Å². The first-order chi connectivity index (χ1) is 18.2. The lowest BCUT2D eigenvalue weighted by Crippen LogP contribution is -2.39. The highest BCUT2D eigenvalue weighted by molar-refractivity contribution is 7.07. The summed E-state index contributed by atoms with van der Waals surface area (Å²) in [5, 5.41) is 0. The van der Waals surface area contributed by atoms with Crippen LogP contribution in [-0.4, -0.2) is 44.9 Å². The molecule has 0 amide bonds. The number of nitrogens with zero attached hydrogens (tertiary/aromatic N) is 2. The molecule has 1 atom stereocenters. The predicted molar refractivity (Wildman–Crippen MR) is 140 cm³/mol. The molecule has 2 aromatic carbocycles. The number of carbonyl (C=O) groups is 2. The van der Waals surface area contributed by atoms with Gasteiger partial charge in [-0.1, -0.05) is 17.4 Å². The van der Waals surface area contributed by atoms with Gasteiger partial charge in [0.25, 0.3) is 5.56 Å². The van der Waals surface area contributed by atoms with Gasteiger partial charge in [-0.25, -0.2) is 9.79 Å². The fourth-order valence-electron chi connectivity index (χ4n) is 4.18. The minimum absolute atomic E-state index is 0.204. The van der Waals surface area contributed by atoms with E-state index in [4.69, 9.17) is 23.7 Å². The number of carbonyl (C=O) groups excluding carboxylic acids is 2. The van der Waals surface area contributed by atoms with Gasteiger partial charge in [-0.3, -0.25) is 14.2 Å². The van der Waals surface area contributed by atoms with E-state index < -0.39 is 18.0 Å². The van der Waals surface area contributed by atoms with E-state index in [0.717, 1.165) is 0 Å². The van der Waals surface area contributed by atoms with Crippen LogP contribution in [0.5, 0.6) is 23.0 Å². The zero-order valence-electron chi connectivity index (χ0n) is 21.7. The van der Waals surface area contributed by atoms with E-state index in [-0.39, 0.29) is 22.6 Å². The minimum atomic E-state index is -0.862. The van der Waals surface area contributed by atoms with Gasteiger partial charge >= 0.3 is 11.9 Å². The van der Waals surface area contributed by atoms with Crippen molar-refractivity contribution in [3.63, 3.8) is 0 Å². The van der Waals surface area contributed by atoms with E-state index in [9.17, 15) is 14.4 Å². The Bertz CT molecular complexity index is 1630. The summed E-state index contributed by atoms with van der Waals surface area (Å²) < 4.78 is 28.3. The first kappa shape index (κ1) is 26.7. The van der Waals surface area contributed by atoms with Crippen molar-refractivity contribution >= 4 is 29.4 Å². The van der Waals surface area contributed by atoms with Crippen LogP contribution >= 0.6 is 11.3 Å².